The van der Waals surface area contributed by atoms with E-state index in [0.717, 1.165) is 5.56 Å². The fraction of sp³-hybridized carbons (Fsp3) is 0.632. The highest BCUT2D eigenvalue weighted by molar-refractivity contribution is 7.89. The number of nitrogens with zero attached hydrogens (tertiary/aromatic N) is 1. The third-order valence-corrected chi connectivity index (χ3v) is 7.57. The van der Waals surface area contributed by atoms with Gasteiger partial charge in [-0.2, -0.15) is 0 Å². The summed E-state index contributed by atoms with van der Waals surface area (Å²) in [5, 5.41) is 2.96. The summed E-state index contributed by atoms with van der Waals surface area (Å²) in [5.41, 5.74) is 5.76. The van der Waals surface area contributed by atoms with E-state index in [1.165, 1.54) is 18.4 Å². The van der Waals surface area contributed by atoms with E-state index in [-0.39, 0.29) is 35.4 Å². The number of hydrogen-bond acceptors (Lipinski definition) is 5. The molecule has 3 unspecified atom stereocenters. The van der Waals surface area contributed by atoms with E-state index >= 15 is 0 Å². The van der Waals surface area contributed by atoms with E-state index in [1.54, 1.807) is 24.3 Å². The van der Waals surface area contributed by atoms with Gasteiger partial charge in [0.1, 0.15) is 5.54 Å². The van der Waals surface area contributed by atoms with Gasteiger partial charge >= 0.3 is 0 Å². The van der Waals surface area contributed by atoms with Crippen LogP contribution in [-0.4, -0.2) is 51.0 Å². The maximum Gasteiger partial charge on any atom is 0.242 e. The Morgan fingerprint density at radius 3 is 2.29 bits per heavy atom. The van der Waals surface area contributed by atoms with Crippen LogP contribution < -0.4 is 11.1 Å². The Morgan fingerprint density at radius 1 is 1.32 bits per heavy atom. The van der Waals surface area contributed by atoms with E-state index in [0.29, 0.717) is 13.0 Å². The highest BCUT2D eigenvalue weighted by atomic mass is 35.5. The molecule has 1 saturated carbocycles. The zero-order chi connectivity index (χ0) is 20.6. The van der Waals surface area contributed by atoms with Gasteiger partial charge in [0.05, 0.1) is 17.0 Å². The molecule has 0 spiro atoms. The van der Waals surface area contributed by atoms with Gasteiger partial charge in [-0.25, -0.2) is 12.7 Å². The van der Waals surface area contributed by atoms with Crippen LogP contribution in [0.4, 0.5) is 0 Å². The van der Waals surface area contributed by atoms with Crippen molar-refractivity contribution in [3.63, 3.8) is 0 Å². The van der Waals surface area contributed by atoms with E-state index in [1.807, 2.05) is 27.7 Å². The third-order valence-electron chi connectivity index (χ3n) is 5.74. The summed E-state index contributed by atoms with van der Waals surface area (Å²) < 4.78 is 31.1. The zero-order valence-electron chi connectivity index (χ0n) is 17.4. The molecule has 0 saturated heterocycles. The first-order chi connectivity index (χ1) is 12.4. The minimum Gasteiger partial charge on any atom is -0.378 e. The molecule has 0 aliphatic heterocycles. The van der Waals surface area contributed by atoms with Crippen molar-refractivity contribution in [2.24, 2.45) is 11.1 Å². The summed E-state index contributed by atoms with van der Waals surface area (Å²) >= 11 is 0. The second-order valence-corrected chi connectivity index (χ2v) is 10.0. The highest BCUT2D eigenvalue weighted by Crippen LogP contribution is 2.50. The Hall–Kier alpha value is -1.19. The molecule has 9 heteroatoms. The Kier molecular flexibility index (Phi) is 7.69. The summed E-state index contributed by atoms with van der Waals surface area (Å²) in [6, 6.07) is 6.21. The molecule has 1 aliphatic rings. The smallest absolute Gasteiger partial charge is 0.242 e. The van der Waals surface area contributed by atoms with Crippen LogP contribution in [0.1, 0.15) is 45.7 Å². The number of carbonyl (C=O) groups excluding carboxylic acids is 1. The molecule has 0 heterocycles. The molecule has 0 radical (unpaired) electrons. The van der Waals surface area contributed by atoms with E-state index in [2.05, 4.69) is 5.32 Å². The number of sulfonamides is 1. The van der Waals surface area contributed by atoms with Gasteiger partial charge in [-0.3, -0.25) is 4.79 Å². The quantitative estimate of drug-likeness (QED) is 0.685. The fourth-order valence-electron chi connectivity index (χ4n) is 3.37. The largest absolute Gasteiger partial charge is 0.378 e. The first-order valence-electron chi connectivity index (χ1n) is 9.12. The van der Waals surface area contributed by atoms with Gasteiger partial charge in [0.15, 0.2) is 0 Å². The van der Waals surface area contributed by atoms with Crippen molar-refractivity contribution in [2.45, 2.75) is 56.7 Å². The second-order valence-electron chi connectivity index (χ2n) is 7.89. The molecule has 1 aromatic rings. The van der Waals surface area contributed by atoms with Crippen molar-refractivity contribution < 1.29 is 17.9 Å². The van der Waals surface area contributed by atoms with Crippen LogP contribution in [0.3, 0.4) is 0 Å². The van der Waals surface area contributed by atoms with Crippen LogP contribution in [0.5, 0.6) is 0 Å². The highest BCUT2D eigenvalue weighted by Gasteiger charge is 2.62. The normalized spacial score (nSPS) is 24.8. The van der Waals surface area contributed by atoms with Crippen molar-refractivity contribution in [3.05, 3.63) is 29.8 Å². The molecule has 7 nitrogen and oxygen atoms in total. The van der Waals surface area contributed by atoms with E-state index in [4.69, 9.17) is 10.5 Å². The van der Waals surface area contributed by atoms with Crippen LogP contribution in [0.25, 0.3) is 0 Å². The average Bonchev–Trinajstić information content (AvgIpc) is 2.61. The monoisotopic (exact) mass is 433 g/mol. The minimum atomic E-state index is -3.48. The van der Waals surface area contributed by atoms with Crippen molar-refractivity contribution in [1.29, 1.82) is 0 Å². The molecule has 3 N–H and O–H groups in total. The lowest BCUT2D eigenvalue weighted by molar-refractivity contribution is -0.171. The molecule has 28 heavy (non-hydrogen) atoms. The van der Waals surface area contributed by atoms with Crippen molar-refractivity contribution in [1.82, 2.24) is 9.62 Å². The lowest BCUT2D eigenvalue weighted by Crippen LogP contribution is -2.75. The lowest BCUT2D eigenvalue weighted by Gasteiger charge is -2.57. The maximum atomic E-state index is 12.8. The maximum absolute atomic E-state index is 12.8. The van der Waals surface area contributed by atoms with Gasteiger partial charge in [-0.05, 0) is 31.5 Å². The third kappa shape index (κ3) is 4.21. The Balaban J connectivity index is 0.00000392. The summed E-state index contributed by atoms with van der Waals surface area (Å²) in [6.07, 6.45) is 0.441. The number of hydrogen-bond donors (Lipinski definition) is 2. The van der Waals surface area contributed by atoms with Gasteiger partial charge in [0.25, 0.3) is 0 Å². The van der Waals surface area contributed by atoms with Gasteiger partial charge < -0.3 is 15.8 Å². The molecule has 0 aromatic heterocycles. The molecule has 3 atom stereocenters. The zero-order valence-corrected chi connectivity index (χ0v) is 19.0. The standard InChI is InChI=1S/C19H31N3O4S.ClH/c1-7-26-16-12-19(20,18(16,3)4)17(23)21-13(2)14-8-10-15(11-9-14)27(24,25)22(5)6;/h8-11,13,16H,7,12,20H2,1-6H3,(H,21,23);1H. The molecular formula is C19H32ClN3O4S. The molecule has 160 valence electrons. The number of nitrogens with two attached hydrogens (primary N) is 1. The van der Waals surface area contributed by atoms with Crippen LogP contribution >= 0.6 is 12.4 Å². The summed E-state index contributed by atoms with van der Waals surface area (Å²) in [6.45, 7) is 8.26. The Morgan fingerprint density at radius 2 is 1.86 bits per heavy atom. The Bertz CT molecular complexity index is 796. The van der Waals surface area contributed by atoms with Crippen LogP contribution in [0.2, 0.25) is 0 Å². The van der Waals surface area contributed by atoms with Gasteiger partial charge in [-0.1, -0.05) is 26.0 Å². The number of rotatable bonds is 7. The lowest BCUT2D eigenvalue weighted by atomic mass is 9.54. The molecule has 1 aliphatic carbocycles. The van der Waals surface area contributed by atoms with Gasteiger partial charge in [0.2, 0.25) is 15.9 Å². The Labute approximate surface area is 174 Å². The topological polar surface area (TPSA) is 102 Å². The molecule has 0 bridgehead atoms. The summed E-state index contributed by atoms with van der Waals surface area (Å²) in [4.78, 5) is 13.0. The van der Waals surface area contributed by atoms with Crippen LogP contribution in [-0.2, 0) is 19.6 Å². The summed E-state index contributed by atoms with van der Waals surface area (Å²) in [7, 11) is -0.498. The van der Waals surface area contributed by atoms with Crippen molar-refractivity contribution in [2.75, 3.05) is 20.7 Å². The predicted octanol–water partition coefficient (Wildman–Crippen LogP) is 2.07. The average molecular weight is 434 g/mol. The van der Waals surface area contributed by atoms with Gasteiger partial charge in [-0.15, -0.1) is 12.4 Å². The molecule has 2 rings (SSSR count). The SMILES string of the molecule is CCOC1CC(N)(C(=O)NC(C)c2ccc(S(=O)(=O)N(C)C)cc2)C1(C)C.Cl. The van der Waals surface area contributed by atoms with Crippen molar-refractivity contribution >= 4 is 28.3 Å². The van der Waals surface area contributed by atoms with Crippen LogP contribution in [0.15, 0.2) is 29.2 Å². The van der Waals surface area contributed by atoms with E-state index in [9.17, 15) is 13.2 Å². The van der Waals surface area contributed by atoms with Crippen molar-refractivity contribution in [3.8, 4) is 0 Å². The summed E-state index contributed by atoms with van der Waals surface area (Å²) in [5.74, 6) is -0.221. The number of benzene rings is 1. The minimum absolute atomic E-state index is 0. The number of amides is 1. The number of nitrogens with one attached hydrogen (secondary N) is 1. The molecule has 1 fully saturated rings. The fourth-order valence-corrected chi connectivity index (χ4v) is 4.27. The number of ether oxygens (including phenoxy) is 1. The van der Waals surface area contributed by atoms with E-state index < -0.39 is 21.0 Å². The van der Waals surface area contributed by atoms with Gasteiger partial charge in [0, 0.05) is 32.5 Å². The molecular weight excluding hydrogens is 402 g/mol. The number of halogens is 1. The predicted molar refractivity (Wildman–Crippen MR) is 112 cm³/mol. The molecule has 1 aromatic carbocycles. The first kappa shape index (κ1) is 24.8. The molecule has 1 amide bonds. The second kappa shape index (κ2) is 8.67. The number of carbonyl (C=O) groups is 1. The van der Waals surface area contributed by atoms with Crippen LogP contribution in [0, 0.1) is 5.41 Å². The first-order valence-corrected chi connectivity index (χ1v) is 10.6.